The standard InChI is InChI=1S/C33H38F3N3O3/c1-22(2)26-9-14-29(30(40)21-26)23-15-19-39(20-16-23)18-4-3-17-37-31(41)24-7-12-28(13-8-24)38-32(42)25-5-10-27(11-6-25)33(34,35)36/h5-14,21-23,40H,3-4,15-20H2,1-2H3,(H,37,41)(H,38,42). The van der Waals surface area contributed by atoms with Crippen LogP contribution in [0.4, 0.5) is 18.9 Å². The van der Waals surface area contributed by atoms with Crippen molar-refractivity contribution in [2.45, 2.75) is 57.5 Å². The average Bonchev–Trinajstić information content (AvgIpc) is 2.97. The molecule has 224 valence electrons. The van der Waals surface area contributed by atoms with E-state index in [4.69, 9.17) is 0 Å². The summed E-state index contributed by atoms with van der Waals surface area (Å²) in [6, 6.07) is 16.4. The van der Waals surface area contributed by atoms with Crippen LogP contribution < -0.4 is 10.6 Å². The topological polar surface area (TPSA) is 81.7 Å². The van der Waals surface area contributed by atoms with Crippen LogP contribution in [0, 0.1) is 0 Å². The molecule has 0 aromatic heterocycles. The molecule has 0 atom stereocenters. The van der Waals surface area contributed by atoms with Crippen molar-refractivity contribution in [3.8, 4) is 5.75 Å². The molecule has 1 saturated heterocycles. The Kier molecular flexibility index (Phi) is 10.3. The van der Waals surface area contributed by atoms with Gasteiger partial charge in [-0.1, -0.05) is 26.0 Å². The smallest absolute Gasteiger partial charge is 0.416 e. The van der Waals surface area contributed by atoms with Gasteiger partial charge in [-0.05, 0) is 123 Å². The van der Waals surface area contributed by atoms with Crippen LogP contribution in [-0.2, 0) is 6.18 Å². The number of carbonyl (C=O) groups is 2. The Labute approximate surface area is 244 Å². The summed E-state index contributed by atoms with van der Waals surface area (Å²) in [7, 11) is 0. The summed E-state index contributed by atoms with van der Waals surface area (Å²) in [5, 5.41) is 16.1. The van der Waals surface area contributed by atoms with E-state index in [-0.39, 0.29) is 11.5 Å². The lowest BCUT2D eigenvalue weighted by Crippen LogP contribution is -2.34. The molecule has 0 saturated carbocycles. The quantitative estimate of drug-likeness (QED) is 0.222. The van der Waals surface area contributed by atoms with Crippen molar-refractivity contribution < 1.29 is 27.9 Å². The van der Waals surface area contributed by atoms with Crippen LogP contribution in [-0.4, -0.2) is 48.0 Å². The van der Waals surface area contributed by atoms with Gasteiger partial charge in [0.2, 0.25) is 0 Å². The van der Waals surface area contributed by atoms with Crippen LogP contribution in [0.5, 0.6) is 5.75 Å². The number of benzene rings is 3. The van der Waals surface area contributed by atoms with Crippen molar-refractivity contribution in [2.75, 3.05) is 31.5 Å². The molecule has 1 fully saturated rings. The van der Waals surface area contributed by atoms with E-state index in [1.165, 1.54) is 0 Å². The number of rotatable bonds is 10. The second-order valence-corrected chi connectivity index (χ2v) is 11.2. The van der Waals surface area contributed by atoms with Gasteiger partial charge in [-0.15, -0.1) is 0 Å². The fraction of sp³-hybridized carbons (Fsp3) is 0.394. The van der Waals surface area contributed by atoms with E-state index in [9.17, 15) is 27.9 Å². The first kappa shape index (κ1) is 31.1. The number of hydrogen-bond donors (Lipinski definition) is 3. The van der Waals surface area contributed by atoms with Gasteiger partial charge in [0.05, 0.1) is 5.56 Å². The number of piperidine rings is 1. The monoisotopic (exact) mass is 581 g/mol. The van der Waals surface area contributed by atoms with E-state index >= 15 is 0 Å². The van der Waals surface area contributed by atoms with Gasteiger partial charge in [-0.25, -0.2) is 0 Å². The van der Waals surface area contributed by atoms with Crippen LogP contribution in [0.1, 0.15) is 88.8 Å². The highest BCUT2D eigenvalue weighted by Crippen LogP contribution is 2.35. The van der Waals surface area contributed by atoms with Gasteiger partial charge in [0.1, 0.15) is 5.75 Å². The number of unbranched alkanes of at least 4 members (excludes halogenated alkanes) is 1. The second-order valence-electron chi connectivity index (χ2n) is 11.2. The van der Waals surface area contributed by atoms with Gasteiger partial charge in [-0.3, -0.25) is 9.59 Å². The second kappa shape index (κ2) is 13.9. The maximum Gasteiger partial charge on any atom is 0.416 e. The molecule has 3 N–H and O–H groups in total. The summed E-state index contributed by atoms with van der Waals surface area (Å²) in [5.41, 5.74) is 2.37. The number of carbonyl (C=O) groups excluding carboxylic acids is 2. The molecule has 0 aliphatic carbocycles. The lowest BCUT2D eigenvalue weighted by Gasteiger charge is -2.32. The molecule has 0 spiro atoms. The predicted molar refractivity (Wildman–Crippen MR) is 158 cm³/mol. The number of alkyl halides is 3. The number of hydrogen-bond acceptors (Lipinski definition) is 4. The molecule has 1 heterocycles. The van der Waals surface area contributed by atoms with E-state index < -0.39 is 17.6 Å². The summed E-state index contributed by atoms with van der Waals surface area (Å²) >= 11 is 0. The van der Waals surface area contributed by atoms with Gasteiger partial charge < -0.3 is 20.6 Å². The molecule has 3 aromatic carbocycles. The van der Waals surface area contributed by atoms with Crippen LogP contribution in [0.15, 0.2) is 66.7 Å². The molecule has 1 aliphatic rings. The van der Waals surface area contributed by atoms with Crippen molar-refractivity contribution in [2.24, 2.45) is 0 Å². The predicted octanol–water partition coefficient (Wildman–Crippen LogP) is 7.18. The molecule has 2 amide bonds. The highest BCUT2D eigenvalue weighted by molar-refractivity contribution is 6.04. The normalized spacial score (nSPS) is 14.6. The lowest BCUT2D eigenvalue weighted by atomic mass is 9.87. The Morgan fingerprint density at radius 1 is 0.905 bits per heavy atom. The molecule has 0 radical (unpaired) electrons. The van der Waals surface area contributed by atoms with Gasteiger partial charge in [-0.2, -0.15) is 13.2 Å². The summed E-state index contributed by atoms with van der Waals surface area (Å²) < 4.78 is 38.2. The maximum absolute atomic E-state index is 12.7. The lowest BCUT2D eigenvalue weighted by molar-refractivity contribution is -0.137. The zero-order valence-electron chi connectivity index (χ0n) is 24.0. The fourth-order valence-corrected chi connectivity index (χ4v) is 5.22. The third-order valence-electron chi connectivity index (χ3n) is 7.81. The van der Waals surface area contributed by atoms with Crippen LogP contribution >= 0.6 is 0 Å². The van der Waals surface area contributed by atoms with Gasteiger partial charge >= 0.3 is 6.18 Å². The van der Waals surface area contributed by atoms with Crippen molar-refractivity contribution in [3.63, 3.8) is 0 Å². The van der Waals surface area contributed by atoms with E-state index in [0.29, 0.717) is 35.4 Å². The molecule has 9 heteroatoms. The number of phenols is 1. The first-order valence-corrected chi connectivity index (χ1v) is 14.4. The number of amides is 2. The zero-order valence-corrected chi connectivity index (χ0v) is 24.0. The SMILES string of the molecule is CC(C)c1ccc(C2CCN(CCCCNC(=O)c3ccc(NC(=O)c4ccc(C(F)(F)F)cc4)cc3)CC2)c(O)c1. The van der Waals surface area contributed by atoms with Crippen LogP contribution in [0.3, 0.4) is 0 Å². The molecule has 3 aromatic rings. The summed E-state index contributed by atoms with van der Waals surface area (Å²) in [4.78, 5) is 27.3. The Morgan fingerprint density at radius 2 is 1.52 bits per heavy atom. The van der Waals surface area contributed by atoms with Gasteiger partial charge in [0, 0.05) is 23.4 Å². The first-order chi connectivity index (χ1) is 20.0. The minimum atomic E-state index is -4.46. The van der Waals surface area contributed by atoms with E-state index in [1.54, 1.807) is 24.3 Å². The zero-order chi connectivity index (χ0) is 30.3. The van der Waals surface area contributed by atoms with E-state index in [1.807, 2.05) is 6.07 Å². The third-order valence-corrected chi connectivity index (χ3v) is 7.81. The molecule has 4 rings (SSSR count). The van der Waals surface area contributed by atoms with Crippen molar-refractivity contribution in [1.82, 2.24) is 10.2 Å². The number of halogens is 3. The average molecular weight is 582 g/mol. The minimum absolute atomic E-state index is 0.102. The Hall–Kier alpha value is -3.85. The summed E-state index contributed by atoms with van der Waals surface area (Å²) in [6.07, 6.45) is -0.604. The van der Waals surface area contributed by atoms with Gasteiger partial charge in [0.15, 0.2) is 0 Å². The number of anilines is 1. The van der Waals surface area contributed by atoms with Crippen molar-refractivity contribution in [1.29, 1.82) is 0 Å². The van der Waals surface area contributed by atoms with E-state index in [2.05, 4.69) is 41.5 Å². The van der Waals surface area contributed by atoms with Crippen LogP contribution in [0.2, 0.25) is 0 Å². The molecule has 0 unspecified atom stereocenters. The van der Waals surface area contributed by atoms with E-state index in [0.717, 1.165) is 80.7 Å². The highest BCUT2D eigenvalue weighted by Gasteiger charge is 2.30. The number of phenolic OH excluding ortho intramolecular Hbond substituents is 1. The summed E-state index contributed by atoms with van der Waals surface area (Å²) in [5.74, 6) is 0.435. The highest BCUT2D eigenvalue weighted by atomic mass is 19.4. The van der Waals surface area contributed by atoms with Crippen LogP contribution in [0.25, 0.3) is 0 Å². The Morgan fingerprint density at radius 3 is 2.12 bits per heavy atom. The molecule has 42 heavy (non-hydrogen) atoms. The fourth-order valence-electron chi connectivity index (χ4n) is 5.22. The molecule has 6 nitrogen and oxygen atoms in total. The number of aromatic hydroxyl groups is 1. The first-order valence-electron chi connectivity index (χ1n) is 14.4. The summed E-state index contributed by atoms with van der Waals surface area (Å²) in [6.45, 7) is 7.75. The van der Waals surface area contributed by atoms with Crippen molar-refractivity contribution >= 4 is 17.5 Å². The largest absolute Gasteiger partial charge is 0.508 e. The molecule has 1 aliphatic heterocycles. The number of nitrogens with one attached hydrogen (secondary N) is 2. The van der Waals surface area contributed by atoms with Crippen molar-refractivity contribution in [3.05, 3.63) is 94.5 Å². The minimum Gasteiger partial charge on any atom is -0.508 e. The molecule has 0 bridgehead atoms. The molecular formula is C33H38F3N3O3. The Bertz CT molecular complexity index is 1350. The Balaban J connectivity index is 1.13. The third kappa shape index (κ3) is 8.35. The number of nitrogens with zero attached hydrogens (tertiary/aromatic N) is 1. The molecular weight excluding hydrogens is 543 g/mol. The maximum atomic E-state index is 12.7. The van der Waals surface area contributed by atoms with Gasteiger partial charge in [0.25, 0.3) is 11.8 Å². The number of likely N-dealkylation sites (tertiary alicyclic amines) is 1.